The van der Waals surface area contributed by atoms with E-state index in [0.29, 0.717) is 32.3 Å². The number of nitrogens with two attached hydrogens (primary N) is 1. The Bertz CT molecular complexity index is 746. The normalized spacial score (nSPS) is 13.9. The zero-order chi connectivity index (χ0) is 17.5. The molecule has 132 valence electrons. The molecule has 0 unspecified atom stereocenters. The van der Waals surface area contributed by atoms with Gasteiger partial charge in [0.25, 0.3) is 0 Å². The highest BCUT2D eigenvalue weighted by molar-refractivity contribution is 5.92. The fraction of sp³-hybridized carbons (Fsp3) is 0.316. The molecule has 2 aromatic carbocycles. The number of rotatable bonds is 5. The number of fused-ring (bicyclic) bond motifs is 1. The lowest BCUT2D eigenvalue weighted by atomic mass is 10.2. The molecule has 1 aliphatic rings. The number of nitrogens with zero attached hydrogens (tertiary/aromatic N) is 1. The molecular weight excluding hydrogens is 318 g/mol. The summed E-state index contributed by atoms with van der Waals surface area (Å²) in [7, 11) is 0. The van der Waals surface area contributed by atoms with Crippen molar-refractivity contribution in [1.82, 2.24) is 0 Å². The smallest absolute Gasteiger partial charge is 0.193 e. The van der Waals surface area contributed by atoms with Crippen molar-refractivity contribution in [2.75, 3.05) is 31.7 Å². The van der Waals surface area contributed by atoms with E-state index >= 15 is 0 Å². The number of hydrogen-bond donors (Lipinski definition) is 2. The molecule has 0 atom stereocenters. The first-order valence-corrected chi connectivity index (χ1v) is 8.37. The Kier molecular flexibility index (Phi) is 5.61. The van der Waals surface area contributed by atoms with Crippen molar-refractivity contribution in [2.45, 2.75) is 13.3 Å². The molecule has 0 aliphatic carbocycles. The minimum absolute atomic E-state index is 0.336. The average Bonchev–Trinajstić information content (AvgIpc) is 2.85. The molecule has 0 radical (unpaired) electrons. The van der Waals surface area contributed by atoms with Crippen LogP contribution in [0.3, 0.4) is 0 Å². The minimum Gasteiger partial charge on any atom is -0.491 e. The van der Waals surface area contributed by atoms with E-state index in [1.165, 1.54) is 0 Å². The summed E-state index contributed by atoms with van der Waals surface area (Å²) in [5.74, 6) is 2.68. The highest BCUT2D eigenvalue weighted by Gasteiger charge is 2.10. The molecule has 3 N–H and O–H groups in total. The predicted molar refractivity (Wildman–Crippen MR) is 98.8 cm³/mol. The first-order valence-electron chi connectivity index (χ1n) is 8.37. The van der Waals surface area contributed by atoms with Crippen LogP contribution in [-0.4, -0.2) is 32.3 Å². The van der Waals surface area contributed by atoms with Crippen molar-refractivity contribution in [3.8, 4) is 17.2 Å². The second kappa shape index (κ2) is 8.28. The lowest BCUT2D eigenvalue weighted by Crippen LogP contribution is -2.23. The third-order valence-electron chi connectivity index (χ3n) is 3.74. The van der Waals surface area contributed by atoms with Crippen LogP contribution in [0.2, 0.25) is 0 Å². The van der Waals surface area contributed by atoms with Gasteiger partial charge >= 0.3 is 0 Å². The molecule has 25 heavy (non-hydrogen) atoms. The molecule has 0 spiro atoms. The van der Waals surface area contributed by atoms with E-state index in [2.05, 4.69) is 10.3 Å². The van der Waals surface area contributed by atoms with Crippen molar-refractivity contribution in [2.24, 2.45) is 10.7 Å². The molecule has 6 nitrogen and oxygen atoms in total. The monoisotopic (exact) mass is 341 g/mol. The van der Waals surface area contributed by atoms with E-state index < -0.39 is 0 Å². The van der Waals surface area contributed by atoms with Crippen LogP contribution < -0.4 is 25.3 Å². The van der Waals surface area contributed by atoms with Crippen molar-refractivity contribution < 1.29 is 14.2 Å². The van der Waals surface area contributed by atoms with Gasteiger partial charge in [0.2, 0.25) is 0 Å². The van der Waals surface area contributed by atoms with Crippen molar-refractivity contribution in [3.63, 3.8) is 0 Å². The van der Waals surface area contributed by atoms with Gasteiger partial charge in [-0.1, -0.05) is 18.2 Å². The number of anilines is 1. The largest absolute Gasteiger partial charge is 0.491 e. The van der Waals surface area contributed by atoms with E-state index in [4.69, 9.17) is 19.9 Å². The number of nitrogens with one attached hydrogen (secondary N) is 1. The summed E-state index contributed by atoms with van der Waals surface area (Å²) in [6.45, 7) is 4.27. The van der Waals surface area contributed by atoms with Crippen molar-refractivity contribution in [3.05, 3.63) is 48.0 Å². The molecular formula is C19H23N3O3. The third kappa shape index (κ3) is 4.79. The van der Waals surface area contributed by atoms with E-state index in [9.17, 15) is 0 Å². The van der Waals surface area contributed by atoms with Gasteiger partial charge in [0, 0.05) is 18.2 Å². The highest BCUT2D eigenvalue weighted by Crippen LogP contribution is 2.32. The summed E-state index contributed by atoms with van der Waals surface area (Å²) in [5.41, 5.74) is 7.85. The molecule has 0 amide bonds. The Morgan fingerprint density at radius 3 is 2.80 bits per heavy atom. The van der Waals surface area contributed by atoms with Gasteiger partial charge in [-0.2, -0.15) is 0 Å². The fourth-order valence-corrected chi connectivity index (χ4v) is 2.47. The summed E-state index contributed by atoms with van der Waals surface area (Å²) < 4.78 is 17.0. The van der Waals surface area contributed by atoms with Gasteiger partial charge in [0.05, 0.1) is 19.8 Å². The second-order valence-electron chi connectivity index (χ2n) is 5.72. The van der Waals surface area contributed by atoms with Crippen molar-refractivity contribution in [1.29, 1.82) is 0 Å². The lowest BCUT2D eigenvalue weighted by molar-refractivity contribution is 0.297. The molecule has 0 saturated heterocycles. The standard InChI is InChI=1S/C19H23N3O3/c1-14-5-2-3-6-16(14)25-12-9-21-19(20)22-15-7-8-17-18(13-15)24-11-4-10-23-17/h2-3,5-8,13H,4,9-12H2,1H3,(H3,20,21,22). The minimum atomic E-state index is 0.336. The molecule has 0 saturated carbocycles. The van der Waals surface area contributed by atoms with E-state index in [0.717, 1.165) is 34.9 Å². The van der Waals surface area contributed by atoms with Crippen LogP contribution in [0.5, 0.6) is 17.2 Å². The zero-order valence-corrected chi connectivity index (χ0v) is 14.3. The first-order chi connectivity index (χ1) is 12.2. The maximum absolute atomic E-state index is 5.93. The Hall–Kier alpha value is -2.89. The number of aryl methyl sites for hydroxylation is 1. The van der Waals surface area contributed by atoms with Crippen molar-refractivity contribution >= 4 is 11.6 Å². The molecule has 2 aromatic rings. The number of ether oxygens (including phenoxy) is 3. The average molecular weight is 341 g/mol. The van der Waals surface area contributed by atoms with Gasteiger partial charge in [0.1, 0.15) is 12.4 Å². The van der Waals surface area contributed by atoms with Crippen LogP contribution in [0.1, 0.15) is 12.0 Å². The molecule has 1 aliphatic heterocycles. The Balaban J connectivity index is 1.51. The topological polar surface area (TPSA) is 78.1 Å². The van der Waals surface area contributed by atoms with E-state index in [1.54, 1.807) is 0 Å². The van der Waals surface area contributed by atoms with Crippen LogP contribution in [0.25, 0.3) is 0 Å². The molecule has 6 heteroatoms. The molecule has 0 bridgehead atoms. The number of aliphatic imine (C=N–C) groups is 1. The Morgan fingerprint density at radius 1 is 1.16 bits per heavy atom. The molecule has 1 heterocycles. The quantitative estimate of drug-likeness (QED) is 0.497. The molecule has 0 fully saturated rings. The first kappa shape index (κ1) is 17.0. The van der Waals surface area contributed by atoms with E-state index in [1.807, 2.05) is 49.4 Å². The summed E-state index contributed by atoms with van der Waals surface area (Å²) in [5, 5.41) is 3.06. The molecule has 3 rings (SSSR count). The van der Waals surface area contributed by atoms with Crippen LogP contribution in [0, 0.1) is 6.92 Å². The summed E-state index contributed by atoms with van der Waals surface area (Å²) in [4.78, 5) is 4.28. The summed E-state index contributed by atoms with van der Waals surface area (Å²) in [6, 6.07) is 13.5. The van der Waals surface area contributed by atoms with Gasteiger partial charge < -0.3 is 25.3 Å². The number of para-hydroxylation sites is 1. The SMILES string of the molecule is Cc1ccccc1OCCN=C(N)Nc1ccc2c(c1)OCCCO2. The summed E-state index contributed by atoms with van der Waals surface area (Å²) in [6.07, 6.45) is 0.877. The van der Waals surface area contributed by atoms with Crippen LogP contribution in [-0.2, 0) is 0 Å². The lowest BCUT2D eigenvalue weighted by Gasteiger charge is -2.11. The van der Waals surface area contributed by atoms with Gasteiger partial charge in [-0.05, 0) is 30.7 Å². The molecule has 0 aromatic heterocycles. The van der Waals surface area contributed by atoms with Crippen LogP contribution >= 0.6 is 0 Å². The zero-order valence-electron chi connectivity index (χ0n) is 14.3. The number of benzene rings is 2. The Labute approximate surface area is 147 Å². The Morgan fingerprint density at radius 2 is 1.96 bits per heavy atom. The fourth-order valence-electron chi connectivity index (χ4n) is 2.47. The van der Waals surface area contributed by atoms with Crippen LogP contribution in [0.15, 0.2) is 47.5 Å². The van der Waals surface area contributed by atoms with E-state index in [-0.39, 0.29) is 0 Å². The second-order valence-corrected chi connectivity index (χ2v) is 5.72. The number of hydrogen-bond acceptors (Lipinski definition) is 4. The van der Waals surface area contributed by atoms with Gasteiger partial charge in [-0.15, -0.1) is 0 Å². The number of guanidine groups is 1. The van der Waals surface area contributed by atoms with Gasteiger partial charge in [-0.3, -0.25) is 0 Å². The maximum atomic E-state index is 5.93. The third-order valence-corrected chi connectivity index (χ3v) is 3.74. The predicted octanol–water partition coefficient (Wildman–Crippen LogP) is 2.96. The maximum Gasteiger partial charge on any atom is 0.193 e. The van der Waals surface area contributed by atoms with Gasteiger partial charge in [-0.25, -0.2) is 4.99 Å². The summed E-state index contributed by atoms with van der Waals surface area (Å²) >= 11 is 0. The van der Waals surface area contributed by atoms with Gasteiger partial charge in [0.15, 0.2) is 17.5 Å². The highest BCUT2D eigenvalue weighted by atomic mass is 16.5. The van der Waals surface area contributed by atoms with Crippen LogP contribution in [0.4, 0.5) is 5.69 Å².